The predicted octanol–water partition coefficient (Wildman–Crippen LogP) is 1.37. The van der Waals surface area contributed by atoms with Gasteiger partial charge in [-0.2, -0.15) is 0 Å². The van der Waals surface area contributed by atoms with Crippen LogP contribution in [-0.4, -0.2) is 30.1 Å². The molecular formula is C13H15NO4. The molecule has 96 valence electrons. The van der Waals surface area contributed by atoms with Crippen molar-refractivity contribution >= 4 is 11.9 Å². The summed E-state index contributed by atoms with van der Waals surface area (Å²) in [6, 6.07) is 4.57. The van der Waals surface area contributed by atoms with Crippen LogP contribution < -0.4 is 10.1 Å². The lowest BCUT2D eigenvalue weighted by Crippen LogP contribution is -2.28. The molecule has 0 aliphatic carbocycles. The van der Waals surface area contributed by atoms with Gasteiger partial charge in [0.05, 0.1) is 5.56 Å². The van der Waals surface area contributed by atoms with E-state index in [1.54, 1.807) is 19.1 Å². The van der Waals surface area contributed by atoms with Gasteiger partial charge in [-0.05, 0) is 30.7 Å². The number of nitrogens with one attached hydrogen (secondary N) is 1. The predicted molar refractivity (Wildman–Crippen MR) is 66.8 cm³/mol. The molecule has 0 aromatic heterocycles. The van der Waals surface area contributed by atoms with Gasteiger partial charge in [0.25, 0.3) is 5.91 Å². The zero-order chi connectivity index (χ0) is 13.5. The fourth-order valence-electron chi connectivity index (χ4n) is 1.35. The lowest BCUT2D eigenvalue weighted by atomic mass is 10.1. The van der Waals surface area contributed by atoms with Crippen LogP contribution in [0.2, 0.25) is 0 Å². The molecule has 0 unspecified atom stereocenters. The van der Waals surface area contributed by atoms with Crippen LogP contribution in [0.15, 0.2) is 30.9 Å². The molecule has 5 nitrogen and oxygen atoms in total. The van der Waals surface area contributed by atoms with Crippen molar-refractivity contribution in [1.82, 2.24) is 5.32 Å². The molecule has 1 rings (SSSR count). The Morgan fingerprint density at radius 1 is 1.50 bits per heavy atom. The quantitative estimate of drug-likeness (QED) is 0.747. The van der Waals surface area contributed by atoms with E-state index in [2.05, 4.69) is 11.9 Å². The van der Waals surface area contributed by atoms with Crippen molar-refractivity contribution in [3.63, 3.8) is 0 Å². The van der Waals surface area contributed by atoms with Crippen molar-refractivity contribution in [2.24, 2.45) is 0 Å². The number of carboxylic acids is 1. The molecule has 0 aliphatic rings. The van der Waals surface area contributed by atoms with Crippen LogP contribution in [0, 0.1) is 6.92 Å². The van der Waals surface area contributed by atoms with Crippen molar-refractivity contribution in [2.75, 3.05) is 13.2 Å². The zero-order valence-corrected chi connectivity index (χ0v) is 10.1. The van der Waals surface area contributed by atoms with Crippen molar-refractivity contribution in [3.8, 4) is 5.75 Å². The maximum Gasteiger partial charge on any atom is 0.335 e. The lowest BCUT2D eigenvalue weighted by Gasteiger charge is -2.08. The van der Waals surface area contributed by atoms with E-state index in [1.165, 1.54) is 12.1 Å². The normalized spacial score (nSPS) is 9.61. The van der Waals surface area contributed by atoms with Crippen molar-refractivity contribution in [2.45, 2.75) is 6.92 Å². The van der Waals surface area contributed by atoms with E-state index in [0.29, 0.717) is 17.9 Å². The lowest BCUT2D eigenvalue weighted by molar-refractivity contribution is -0.122. The molecule has 0 radical (unpaired) electrons. The molecule has 18 heavy (non-hydrogen) atoms. The fraction of sp³-hybridized carbons (Fsp3) is 0.231. The highest BCUT2D eigenvalue weighted by Gasteiger charge is 2.08. The van der Waals surface area contributed by atoms with Gasteiger partial charge >= 0.3 is 5.97 Å². The van der Waals surface area contributed by atoms with Gasteiger partial charge in [-0.3, -0.25) is 4.79 Å². The van der Waals surface area contributed by atoms with Gasteiger partial charge in [0.2, 0.25) is 0 Å². The third-order valence-corrected chi connectivity index (χ3v) is 2.24. The number of hydrogen-bond donors (Lipinski definition) is 2. The van der Waals surface area contributed by atoms with Gasteiger partial charge < -0.3 is 15.2 Å². The zero-order valence-electron chi connectivity index (χ0n) is 10.1. The molecule has 0 saturated carbocycles. The molecule has 2 N–H and O–H groups in total. The molecule has 0 atom stereocenters. The molecule has 0 bridgehead atoms. The Kier molecular flexibility index (Phi) is 4.92. The summed E-state index contributed by atoms with van der Waals surface area (Å²) in [5.74, 6) is -0.774. The Bertz CT molecular complexity index is 468. The van der Waals surface area contributed by atoms with Crippen LogP contribution >= 0.6 is 0 Å². The highest BCUT2D eigenvalue weighted by atomic mass is 16.5. The maximum atomic E-state index is 11.3. The molecular weight excluding hydrogens is 234 g/mol. The molecule has 0 aliphatic heterocycles. The molecule has 5 heteroatoms. The van der Waals surface area contributed by atoms with Gasteiger partial charge in [0, 0.05) is 6.54 Å². The second-order valence-corrected chi connectivity index (χ2v) is 3.66. The third-order valence-electron chi connectivity index (χ3n) is 2.24. The Morgan fingerprint density at radius 3 is 2.78 bits per heavy atom. The van der Waals surface area contributed by atoms with Gasteiger partial charge in [-0.15, -0.1) is 6.58 Å². The SMILES string of the molecule is C=CCNC(=O)COc1ccc(C(=O)O)c(C)c1. The topological polar surface area (TPSA) is 75.6 Å². The van der Waals surface area contributed by atoms with E-state index >= 15 is 0 Å². The van der Waals surface area contributed by atoms with E-state index in [0.717, 1.165) is 0 Å². The first-order valence-corrected chi connectivity index (χ1v) is 5.39. The van der Waals surface area contributed by atoms with Crippen LogP contribution in [0.3, 0.4) is 0 Å². The average molecular weight is 249 g/mol. The van der Waals surface area contributed by atoms with E-state index < -0.39 is 5.97 Å². The third kappa shape index (κ3) is 3.93. The summed E-state index contributed by atoms with van der Waals surface area (Å²) in [7, 11) is 0. The second kappa shape index (κ2) is 6.44. The molecule has 0 heterocycles. The highest BCUT2D eigenvalue weighted by Crippen LogP contribution is 2.17. The van der Waals surface area contributed by atoms with Crippen molar-refractivity contribution in [1.29, 1.82) is 0 Å². The van der Waals surface area contributed by atoms with Crippen LogP contribution in [0.1, 0.15) is 15.9 Å². The number of carbonyl (C=O) groups excluding carboxylic acids is 1. The number of carbonyl (C=O) groups is 2. The summed E-state index contributed by atoms with van der Waals surface area (Å²) in [6.45, 7) is 5.43. The monoisotopic (exact) mass is 249 g/mol. The van der Waals surface area contributed by atoms with Crippen molar-refractivity contribution < 1.29 is 19.4 Å². The van der Waals surface area contributed by atoms with Gasteiger partial charge in [0.15, 0.2) is 6.61 Å². The summed E-state index contributed by atoms with van der Waals surface area (Å²) >= 11 is 0. The number of rotatable bonds is 6. The maximum absolute atomic E-state index is 11.3. The fourth-order valence-corrected chi connectivity index (χ4v) is 1.35. The molecule has 0 fully saturated rings. The summed E-state index contributed by atoms with van der Waals surface area (Å²) in [5, 5.41) is 11.4. The van der Waals surface area contributed by atoms with Crippen LogP contribution in [-0.2, 0) is 4.79 Å². The van der Waals surface area contributed by atoms with Crippen LogP contribution in [0.25, 0.3) is 0 Å². The number of aromatic carboxylic acids is 1. The molecule has 1 aromatic carbocycles. The van der Waals surface area contributed by atoms with E-state index in [1.807, 2.05) is 0 Å². The number of ether oxygens (including phenoxy) is 1. The minimum atomic E-state index is -0.984. The largest absolute Gasteiger partial charge is 0.484 e. The van der Waals surface area contributed by atoms with E-state index in [-0.39, 0.29) is 18.1 Å². The number of aryl methyl sites for hydroxylation is 1. The van der Waals surface area contributed by atoms with E-state index in [4.69, 9.17) is 9.84 Å². The number of carboxylic acid groups (broad SMARTS) is 1. The molecule has 1 aromatic rings. The summed E-state index contributed by atoms with van der Waals surface area (Å²) in [5.41, 5.74) is 0.810. The van der Waals surface area contributed by atoms with Crippen LogP contribution in [0.5, 0.6) is 5.75 Å². The summed E-state index contributed by atoms with van der Waals surface area (Å²) in [4.78, 5) is 22.1. The Morgan fingerprint density at radius 2 is 2.22 bits per heavy atom. The van der Waals surface area contributed by atoms with Gasteiger partial charge in [0.1, 0.15) is 5.75 Å². The summed E-state index contributed by atoms with van der Waals surface area (Å²) in [6.07, 6.45) is 1.57. The standard InChI is InChI=1S/C13H15NO4/c1-3-6-14-12(15)8-18-10-4-5-11(13(16)17)9(2)7-10/h3-5,7H,1,6,8H2,2H3,(H,14,15)(H,16,17). The number of hydrogen-bond acceptors (Lipinski definition) is 3. The minimum absolute atomic E-state index is 0.111. The van der Waals surface area contributed by atoms with E-state index in [9.17, 15) is 9.59 Å². The Labute approximate surface area is 105 Å². The summed E-state index contributed by atoms with van der Waals surface area (Å²) < 4.78 is 5.24. The number of benzene rings is 1. The minimum Gasteiger partial charge on any atom is -0.484 e. The second-order valence-electron chi connectivity index (χ2n) is 3.66. The Balaban J connectivity index is 2.58. The highest BCUT2D eigenvalue weighted by molar-refractivity contribution is 5.89. The first-order valence-electron chi connectivity index (χ1n) is 5.39. The van der Waals surface area contributed by atoms with Crippen molar-refractivity contribution in [3.05, 3.63) is 42.0 Å². The smallest absolute Gasteiger partial charge is 0.335 e. The first kappa shape index (κ1) is 13.8. The average Bonchev–Trinajstić information content (AvgIpc) is 2.33. The van der Waals surface area contributed by atoms with Gasteiger partial charge in [-0.1, -0.05) is 6.08 Å². The molecule has 1 amide bonds. The number of amides is 1. The Hall–Kier alpha value is -2.30. The molecule has 0 saturated heterocycles. The molecule has 0 spiro atoms. The van der Waals surface area contributed by atoms with Crippen LogP contribution in [0.4, 0.5) is 0 Å². The van der Waals surface area contributed by atoms with Gasteiger partial charge in [-0.25, -0.2) is 4.79 Å². The first-order chi connectivity index (χ1) is 8.54.